The van der Waals surface area contributed by atoms with E-state index in [1.54, 1.807) is 0 Å². The van der Waals surface area contributed by atoms with Gasteiger partial charge >= 0.3 is 0 Å². The van der Waals surface area contributed by atoms with Gasteiger partial charge in [0.05, 0.1) is 10.5 Å². The van der Waals surface area contributed by atoms with Crippen molar-refractivity contribution >= 4 is 50.6 Å². The van der Waals surface area contributed by atoms with E-state index in [9.17, 15) is 18.0 Å². The summed E-state index contributed by atoms with van der Waals surface area (Å²) < 4.78 is 28.0. The van der Waals surface area contributed by atoms with Gasteiger partial charge in [0.25, 0.3) is 11.8 Å². The largest absolute Gasteiger partial charge is 0.365 e. The molecule has 11 heteroatoms. The zero-order valence-electron chi connectivity index (χ0n) is 21.3. The van der Waals surface area contributed by atoms with Crippen LogP contribution in [0.4, 0.5) is 5.00 Å². The number of amides is 2. The van der Waals surface area contributed by atoms with Crippen molar-refractivity contribution < 1.29 is 18.0 Å². The van der Waals surface area contributed by atoms with Crippen LogP contribution >= 0.6 is 23.7 Å². The smallest absolute Gasteiger partial charge is 0.256 e. The average molecular weight is 575 g/mol. The molecule has 38 heavy (non-hydrogen) atoms. The first-order valence-electron chi connectivity index (χ1n) is 12.3. The maximum atomic E-state index is 13.2. The van der Waals surface area contributed by atoms with Crippen LogP contribution in [0.2, 0.25) is 0 Å². The van der Waals surface area contributed by atoms with Gasteiger partial charge in [0, 0.05) is 42.7 Å². The Bertz CT molecular complexity index is 1470. The lowest BCUT2D eigenvalue weighted by Gasteiger charge is -2.30. The van der Waals surface area contributed by atoms with Gasteiger partial charge in [-0.15, -0.1) is 23.7 Å². The Morgan fingerprint density at radius 3 is 2.32 bits per heavy atom. The summed E-state index contributed by atoms with van der Waals surface area (Å²) in [6, 6.07) is 14.1. The Hall–Kier alpha value is -2.76. The zero-order valence-corrected chi connectivity index (χ0v) is 23.7. The molecule has 5 rings (SSSR count). The summed E-state index contributed by atoms with van der Waals surface area (Å²) in [6.07, 6.45) is 1.36. The number of primary amides is 1. The molecule has 0 atom stereocenters. The van der Waals surface area contributed by atoms with Crippen LogP contribution in [0.5, 0.6) is 0 Å². The molecule has 0 spiro atoms. The van der Waals surface area contributed by atoms with Crippen molar-refractivity contribution in [1.82, 2.24) is 9.21 Å². The fourth-order valence-electron chi connectivity index (χ4n) is 4.99. The lowest BCUT2D eigenvalue weighted by Crippen LogP contribution is -2.35. The lowest BCUT2D eigenvalue weighted by atomic mass is 10.0. The first-order chi connectivity index (χ1) is 17.6. The standard InChI is InChI=1S/C27H30N4O4S2.ClH/c1-17(2)30-13-12-22-23(16-30)36-27(24(22)25(28)32)29-26(33)19-7-9-21(10-8-19)37(34,35)31-14-11-18-5-3-4-6-20(18)15-31;/h3-10,17H,11-16H2,1-2H3,(H2,28,32)(H,29,33);1H. The SMILES string of the molecule is CC(C)N1CCc2c(sc(NC(=O)c3ccc(S(=O)(=O)N4CCc5ccccc5C4)cc3)c2C(N)=O)C1.Cl. The first-order valence-corrected chi connectivity index (χ1v) is 14.6. The van der Waals surface area contributed by atoms with Crippen molar-refractivity contribution in [3.8, 4) is 0 Å². The van der Waals surface area contributed by atoms with Gasteiger partial charge in [0.2, 0.25) is 10.0 Å². The number of thiophene rings is 1. The van der Waals surface area contributed by atoms with Crippen molar-refractivity contribution in [3.63, 3.8) is 0 Å². The van der Waals surface area contributed by atoms with Gasteiger partial charge < -0.3 is 11.1 Å². The number of carbonyl (C=O) groups is 2. The van der Waals surface area contributed by atoms with Crippen LogP contribution in [-0.4, -0.2) is 48.6 Å². The maximum absolute atomic E-state index is 13.2. The third kappa shape index (κ3) is 5.37. The number of sulfonamides is 1. The van der Waals surface area contributed by atoms with Crippen molar-refractivity contribution in [2.24, 2.45) is 5.73 Å². The first kappa shape index (κ1) is 28.3. The Morgan fingerprint density at radius 1 is 0.974 bits per heavy atom. The number of hydrogen-bond donors (Lipinski definition) is 2. The van der Waals surface area contributed by atoms with E-state index in [2.05, 4.69) is 24.1 Å². The van der Waals surface area contributed by atoms with Crippen LogP contribution in [0.1, 0.15) is 56.1 Å². The predicted molar refractivity (Wildman–Crippen MR) is 151 cm³/mol. The zero-order chi connectivity index (χ0) is 26.3. The summed E-state index contributed by atoms with van der Waals surface area (Å²) in [5.74, 6) is -0.979. The summed E-state index contributed by atoms with van der Waals surface area (Å²) in [5.41, 5.74) is 9.46. The molecule has 0 aliphatic carbocycles. The summed E-state index contributed by atoms with van der Waals surface area (Å²) in [6.45, 7) is 6.53. The van der Waals surface area contributed by atoms with E-state index in [0.29, 0.717) is 54.6 Å². The molecule has 3 N–H and O–H groups in total. The van der Waals surface area contributed by atoms with Gasteiger partial charge in [-0.1, -0.05) is 24.3 Å². The molecule has 0 fully saturated rings. The van der Waals surface area contributed by atoms with Crippen molar-refractivity contribution in [2.75, 3.05) is 18.4 Å². The number of hydrogen-bond acceptors (Lipinski definition) is 6. The molecule has 2 aliphatic rings. The van der Waals surface area contributed by atoms with E-state index in [1.165, 1.54) is 45.5 Å². The number of anilines is 1. The van der Waals surface area contributed by atoms with E-state index >= 15 is 0 Å². The average Bonchev–Trinajstić information content (AvgIpc) is 3.25. The summed E-state index contributed by atoms with van der Waals surface area (Å²) in [5, 5.41) is 3.28. The monoisotopic (exact) mass is 574 g/mol. The van der Waals surface area contributed by atoms with Gasteiger partial charge in [-0.2, -0.15) is 4.31 Å². The maximum Gasteiger partial charge on any atom is 0.256 e. The van der Waals surface area contributed by atoms with Crippen LogP contribution in [0, 0.1) is 0 Å². The number of nitrogens with two attached hydrogens (primary N) is 1. The van der Waals surface area contributed by atoms with Crippen molar-refractivity contribution in [2.45, 2.75) is 50.7 Å². The molecule has 0 saturated carbocycles. The van der Waals surface area contributed by atoms with Crippen LogP contribution in [0.3, 0.4) is 0 Å². The molecule has 3 heterocycles. The Balaban J connectivity index is 0.00000336. The van der Waals surface area contributed by atoms with Gasteiger partial charge in [0.15, 0.2) is 0 Å². The van der Waals surface area contributed by atoms with Gasteiger partial charge in [-0.3, -0.25) is 14.5 Å². The quantitative estimate of drug-likeness (QED) is 0.461. The molecule has 2 aliphatic heterocycles. The number of benzene rings is 2. The summed E-state index contributed by atoms with van der Waals surface area (Å²) in [4.78, 5) is 28.8. The summed E-state index contributed by atoms with van der Waals surface area (Å²) in [7, 11) is -3.70. The Labute approximate surface area is 233 Å². The van der Waals surface area contributed by atoms with Crippen LogP contribution in [0.15, 0.2) is 53.4 Å². The highest BCUT2D eigenvalue weighted by atomic mass is 35.5. The van der Waals surface area contributed by atoms with Gasteiger partial charge in [-0.05, 0) is 67.6 Å². The predicted octanol–water partition coefficient (Wildman–Crippen LogP) is 4.03. The van der Waals surface area contributed by atoms with E-state index in [0.717, 1.165) is 22.5 Å². The highest BCUT2D eigenvalue weighted by molar-refractivity contribution is 7.89. The van der Waals surface area contributed by atoms with Crippen LogP contribution in [0.25, 0.3) is 0 Å². The molecular formula is C27H31ClN4O4S2. The van der Waals surface area contributed by atoms with Crippen LogP contribution in [-0.2, 0) is 36.0 Å². The lowest BCUT2D eigenvalue weighted by molar-refractivity contribution is 0.0999. The van der Waals surface area contributed by atoms with Gasteiger partial charge in [0.1, 0.15) is 5.00 Å². The van der Waals surface area contributed by atoms with E-state index < -0.39 is 21.8 Å². The van der Waals surface area contributed by atoms with E-state index in [4.69, 9.17) is 5.73 Å². The topological polar surface area (TPSA) is 113 Å². The molecule has 2 aromatic carbocycles. The molecule has 8 nitrogen and oxygen atoms in total. The highest BCUT2D eigenvalue weighted by Gasteiger charge is 2.30. The molecule has 0 bridgehead atoms. The number of rotatable bonds is 6. The molecule has 1 aromatic heterocycles. The normalized spacial score (nSPS) is 15.9. The second-order valence-electron chi connectivity index (χ2n) is 9.72. The Morgan fingerprint density at radius 2 is 1.66 bits per heavy atom. The third-order valence-corrected chi connectivity index (χ3v) is 10.1. The fourth-order valence-corrected chi connectivity index (χ4v) is 7.68. The minimum absolute atomic E-state index is 0. The minimum Gasteiger partial charge on any atom is -0.365 e. The number of fused-ring (bicyclic) bond motifs is 2. The molecule has 202 valence electrons. The Kier molecular flexibility index (Phi) is 8.29. The second kappa shape index (κ2) is 11.2. The third-order valence-electron chi connectivity index (χ3n) is 7.14. The molecule has 2 amide bonds. The minimum atomic E-state index is -3.70. The molecule has 3 aromatic rings. The van der Waals surface area contributed by atoms with Crippen molar-refractivity contribution in [1.29, 1.82) is 0 Å². The highest BCUT2D eigenvalue weighted by Crippen LogP contribution is 2.37. The molecule has 0 saturated heterocycles. The van der Waals surface area contributed by atoms with Gasteiger partial charge in [-0.25, -0.2) is 8.42 Å². The van der Waals surface area contributed by atoms with Crippen LogP contribution < -0.4 is 11.1 Å². The van der Waals surface area contributed by atoms with E-state index in [-0.39, 0.29) is 17.3 Å². The number of carbonyl (C=O) groups excluding carboxylic acids is 2. The molecular weight excluding hydrogens is 544 g/mol. The molecule has 0 radical (unpaired) electrons. The second-order valence-corrected chi connectivity index (χ2v) is 12.8. The fraction of sp³-hybridized carbons (Fsp3) is 0.333. The molecule has 0 unspecified atom stereocenters. The summed E-state index contributed by atoms with van der Waals surface area (Å²) >= 11 is 1.38. The number of nitrogens with zero attached hydrogens (tertiary/aromatic N) is 2. The number of nitrogens with one attached hydrogen (secondary N) is 1. The van der Waals surface area contributed by atoms with E-state index in [1.807, 2.05) is 24.3 Å². The number of halogens is 1. The van der Waals surface area contributed by atoms with Crippen molar-refractivity contribution in [3.05, 3.63) is 81.2 Å².